The number of hydrogen-bond donors (Lipinski definition) is 1. The summed E-state index contributed by atoms with van der Waals surface area (Å²) in [5, 5.41) is 3.05. The van der Waals surface area contributed by atoms with Crippen LogP contribution in [0.4, 0.5) is 5.69 Å². The smallest absolute Gasteiger partial charge is 0.251 e. The third kappa shape index (κ3) is 4.54. The predicted octanol–water partition coefficient (Wildman–Crippen LogP) is 4.19. The van der Waals surface area contributed by atoms with E-state index in [-0.39, 0.29) is 11.9 Å². The Morgan fingerprint density at radius 3 is 2.33 bits per heavy atom. The molecule has 1 unspecified atom stereocenters. The number of carbonyl (C=O) groups excluding carboxylic acids is 1. The average molecular weight is 368 g/mol. The minimum absolute atomic E-state index is 0.0995. The Hall–Kier alpha value is -2.69. The number of benzene rings is 2. The van der Waals surface area contributed by atoms with E-state index in [4.69, 9.17) is 9.47 Å². The fourth-order valence-corrected chi connectivity index (χ4v) is 3.51. The molecule has 0 aromatic heterocycles. The number of amides is 1. The van der Waals surface area contributed by atoms with Gasteiger partial charge in [-0.15, -0.1) is 0 Å². The van der Waals surface area contributed by atoms with E-state index in [0.29, 0.717) is 5.56 Å². The lowest BCUT2D eigenvalue weighted by Gasteiger charge is -2.28. The van der Waals surface area contributed by atoms with E-state index in [9.17, 15) is 4.79 Å². The topological polar surface area (TPSA) is 50.8 Å². The highest BCUT2D eigenvalue weighted by atomic mass is 16.5. The van der Waals surface area contributed by atoms with Crippen molar-refractivity contribution in [3.05, 3.63) is 53.6 Å². The SMILES string of the molecule is COc1ccc(OC)c(C(C)NC(=O)c2ccc(N3CCCCC3)cc2)c1. The van der Waals surface area contributed by atoms with Gasteiger partial charge in [0.25, 0.3) is 5.91 Å². The van der Waals surface area contributed by atoms with Crippen LogP contribution >= 0.6 is 0 Å². The Bertz CT molecular complexity index is 768. The van der Waals surface area contributed by atoms with E-state index in [1.165, 1.54) is 24.9 Å². The zero-order valence-corrected chi connectivity index (χ0v) is 16.3. The lowest BCUT2D eigenvalue weighted by Crippen LogP contribution is -2.29. The molecular weight excluding hydrogens is 340 g/mol. The molecule has 1 saturated heterocycles. The lowest BCUT2D eigenvalue weighted by molar-refractivity contribution is 0.0939. The highest BCUT2D eigenvalue weighted by Crippen LogP contribution is 2.29. The monoisotopic (exact) mass is 368 g/mol. The van der Waals surface area contributed by atoms with Gasteiger partial charge in [-0.05, 0) is 68.7 Å². The number of hydrogen-bond acceptors (Lipinski definition) is 4. The second kappa shape index (κ2) is 8.80. The van der Waals surface area contributed by atoms with Crippen LogP contribution in [0.3, 0.4) is 0 Å². The molecule has 0 spiro atoms. The first-order chi connectivity index (χ1) is 13.1. The number of methoxy groups -OCH3 is 2. The van der Waals surface area contributed by atoms with Gasteiger partial charge in [0.2, 0.25) is 0 Å². The van der Waals surface area contributed by atoms with Crippen molar-refractivity contribution in [3.63, 3.8) is 0 Å². The summed E-state index contributed by atoms with van der Waals surface area (Å²) in [6.07, 6.45) is 3.78. The molecule has 1 aliphatic rings. The van der Waals surface area contributed by atoms with Crippen LogP contribution in [0.2, 0.25) is 0 Å². The van der Waals surface area contributed by atoms with E-state index >= 15 is 0 Å². The molecule has 2 aromatic rings. The quantitative estimate of drug-likeness (QED) is 0.831. The van der Waals surface area contributed by atoms with Crippen LogP contribution in [0.25, 0.3) is 0 Å². The lowest BCUT2D eigenvalue weighted by atomic mass is 10.1. The van der Waals surface area contributed by atoms with Crippen LogP contribution in [0, 0.1) is 0 Å². The van der Waals surface area contributed by atoms with Crippen molar-refractivity contribution >= 4 is 11.6 Å². The molecular formula is C22H28N2O3. The summed E-state index contributed by atoms with van der Waals surface area (Å²) in [6.45, 7) is 4.13. The number of rotatable bonds is 6. The minimum atomic E-state index is -0.204. The molecule has 2 aromatic carbocycles. The van der Waals surface area contributed by atoms with Gasteiger partial charge in [-0.25, -0.2) is 0 Å². The maximum Gasteiger partial charge on any atom is 0.251 e. The normalized spacial score (nSPS) is 15.1. The predicted molar refractivity (Wildman–Crippen MR) is 108 cm³/mol. The number of nitrogens with zero attached hydrogens (tertiary/aromatic N) is 1. The molecule has 1 aliphatic heterocycles. The Balaban J connectivity index is 1.69. The summed E-state index contributed by atoms with van der Waals surface area (Å²) >= 11 is 0. The summed E-state index contributed by atoms with van der Waals surface area (Å²) in [5.41, 5.74) is 2.73. The summed E-state index contributed by atoms with van der Waals surface area (Å²) in [6, 6.07) is 13.3. The molecule has 3 rings (SSSR count). The van der Waals surface area contributed by atoms with Crippen molar-refractivity contribution in [2.24, 2.45) is 0 Å². The van der Waals surface area contributed by atoms with Gasteiger partial charge in [-0.3, -0.25) is 4.79 Å². The molecule has 0 aliphatic carbocycles. The van der Waals surface area contributed by atoms with Crippen LogP contribution in [0.15, 0.2) is 42.5 Å². The number of piperidine rings is 1. The van der Waals surface area contributed by atoms with Crippen LogP contribution in [-0.4, -0.2) is 33.2 Å². The summed E-state index contributed by atoms with van der Waals surface area (Å²) in [5.74, 6) is 1.36. The molecule has 0 bridgehead atoms. The maximum absolute atomic E-state index is 12.7. The molecule has 144 valence electrons. The first kappa shape index (κ1) is 19.1. The molecule has 1 fully saturated rings. The number of anilines is 1. The minimum Gasteiger partial charge on any atom is -0.497 e. The fourth-order valence-electron chi connectivity index (χ4n) is 3.51. The van der Waals surface area contributed by atoms with Crippen molar-refractivity contribution in [2.45, 2.75) is 32.2 Å². The molecule has 1 N–H and O–H groups in total. The molecule has 5 heteroatoms. The van der Waals surface area contributed by atoms with Gasteiger partial charge in [0.1, 0.15) is 11.5 Å². The molecule has 1 amide bonds. The van der Waals surface area contributed by atoms with Gasteiger partial charge in [0.15, 0.2) is 0 Å². The molecule has 1 atom stereocenters. The van der Waals surface area contributed by atoms with Gasteiger partial charge in [-0.1, -0.05) is 0 Å². The molecule has 27 heavy (non-hydrogen) atoms. The maximum atomic E-state index is 12.7. The summed E-state index contributed by atoms with van der Waals surface area (Å²) in [4.78, 5) is 15.1. The van der Waals surface area contributed by atoms with Crippen LogP contribution < -0.4 is 19.7 Å². The fraction of sp³-hybridized carbons (Fsp3) is 0.409. The van der Waals surface area contributed by atoms with E-state index in [0.717, 1.165) is 30.2 Å². The Morgan fingerprint density at radius 1 is 1.00 bits per heavy atom. The summed E-state index contributed by atoms with van der Waals surface area (Å²) in [7, 11) is 3.25. The Labute approximate surface area is 161 Å². The van der Waals surface area contributed by atoms with Gasteiger partial charge in [-0.2, -0.15) is 0 Å². The summed E-state index contributed by atoms with van der Waals surface area (Å²) < 4.78 is 10.7. The van der Waals surface area contributed by atoms with E-state index in [1.54, 1.807) is 14.2 Å². The molecule has 5 nitrogen and oxygen atoms in total. The average Bonchev–Trinajstić information content (AvgIpc) is 2.73. The zero-order valence-electron chi connectivity index (χ0n) is 16.3. The van der Waals surface area contributed by atoms with Crippen LogP contribution in [0.1, 0.15) is 48.1 Å². The zero-order chi connectivity index (χ0) is 19.2. The highest BCUT2D eigenvalue weighted by Gasteiger charge is 2.17. The second-order valence-electron chi connectivity index (χ2n) is 6.90. The largest absolute Gasteiger partial charge is 0.497 e. The van der Waals surface area contributed by atoms with Crippen molar-refractivity contribution < 1.29 is 14.3 Å². The van der Waals surface area contributed by atoms with Crippen molar-refractivity contribution in [3.8, 4) is 11.5 Å². The number of carbonyl (C=O) groups is 1. The van der Waals surface area contributed by atoms with Gasteiger partial charge in [0, 0.05) is 29.9 Å². The Morgan fingerprint density at radius 2 is 1.70 bits per heavy atom. The van der Waals surface area contributed by atoms with Gasteiger partial charge < -0.3 is 19.7 Å². The number of ether oxygens (including phenoxy) is 2. The van der Waals surface area contributed by atoms with E-state index < -0.39 is 0 Å². The highest BCUT2D eigenvalue weighted by molar-refractivity contribution is 5.94. The molecule has 0 radical (unpaired) electrons. The van der Waals surface area contributed by atoms with Crippen molar-refractivity contribution in [2.75, 3.05) is 32.2 Å². The standard InChI is InChI=1S/C22H28N2O3/c1-16(20-15-19(26-2)11-12-21(20)27-3)23-22(25)17-7-9-18(10-8-17)24-13-5-4-6-14-24/h7-12,15-16H,4-6,13-14H2,1-3H3,(H,23,25). The molecule has 1 heterocycles. The molecule has 0 saturated carbocycles. The Kier molecular flexibility index (Phi) is 6.22. The first-order valence-electron chi connectivity index (χ1n) is 9.50. The third-order valence-corrected chi connectivity index (χ3v) is 5.10. The number of nitrogens with one attached hydrogen (secondary N) is 1. The van der Waals surface area contributed by atoms with Gasteiger partial charge in [0.05, 0.1) is 20.3 Å². The van der Waals surface area contributed by atoms with E-state index in [1.807, 2.05) is 49.4 Å². The third-order valence-electron chi connectivity index (χ3n) is 5.10. The van der Waals surface area contributed by atoms with Gasteiger partial charge >= 0.3 is 0 Å². The van der Waals surface area contributed by atoms with Crippen molar-refractivity contribution in [1.29, 1.82) is 0 Å². The van der Waals surface area contributed by atoms with Crippen molar-refractivity contribution in [1.82, 2.24) is 5.32 Å². The second-order valence-corrected chi connectivity index (χ2v) is 6.90. The first-order valence-corrected chi connectivity index (χ1v) is 9.50. The van der Waals surface area contributed by atoms with Crippen LogP contribution in [-0.2, 0) is 0 Å². The van der Waals surface area contributed by atoms with E-state index in [2.05, 4.69) is 10.2 Å². The van der Waals surface area contributed by atoms with Crippen LogP contribution in [0.5, 0.6) is 11.5 Å².